The summed E-state index contributed by atoms with van der Waals surface area (Å²) in [5.41, 5.74) is 3.08. The van der Waals surface area contributed by atoms with Gasteiger partial charge in [0, 0.05) is 17.8 Å². The highest BCUT2D eigenvalue weighted by Gasteiger charge is 2.15. The predicted molar refractivity (Wildman–Crippen MR) is 68.7 cm³/mol. The highest BCUT2D eigenvalue weighted by molar-refractivity contribution is 7.11. The topological polar surface area (TPSA) is 98.0 Å². The number of rotatable bonds is 4. The van der Waals surface area contributed by atoms with Gasteiger partial charge in [-0.25, -0.2) is 9.36 Å². The summed E-state index contributed by atoms with van der Waals surface area (Å²) in [6.07, 6.45) is 0.330. The Morgan fingerprint density at radius 1 is 1.47 bits per heavy atom. The number of hydrogen-bond acceptors (Lipinski definition) is 6. The molecule has 0 aliphatic heterocycles. The Kier molecular flexibility index (Phi) is 3.70. The summed E-state index contributed by atoms with van der Waals surface area (Å²) in [7, 11) is 0. The van der Waals surface area contributed by atoms with Gasteiger partial charge in [-0.2, -0.15) is 4.98 Å². The van der Waals surface area contributed by atoms with Crippen molar-refractivity contribution in [2.75, 3.05) is 0 Å². The summed E-state index contributed by atoms with van der Waals surface area (Å²) in [5, 5.41) is 16.7. The van der Waals surface area contributed by atoms with Gasteiger partial charge >= 0.3 is 11.7 Å². The number of carboxylic acids is 1. The van der Waals surface area contributed by atoms with Crippen LogP contribution >= 0.6 is 11.3 Å². The van der Waals surface area contributed by atoms with Crippen LogP contribution in [-0.2, 0) is 11.2 Å². The summed E-state index contributed by atoms with van der Waals surface area (Å²) in [6.45, 7) is 3.46. The largest absolute Gasteiger partial charge is 0.481 e. The van der Waals surface area contributed by atoms with Crippen LogP contribution in [0.25, 0.3) is 5.13 Å². The Labute approximate surface area is 112 Å². The van der Waals surface area contributed by atoms with E-state index in [1.54, 1.807) is 13.8 Å². The molecule has 0 saturated carbocycles. The molecule has 0 atom stereocenters. The molecule has 0 unspecified atom stereocenters. The van der Waals surface area contributed by atoms with Crippen LogP contribution in [0.4, 0.5) is 0 Å². The third-order valence-corrected chi connectivity index (χ3v) is 3.47. The van der Waals surface area contributed by atoms with E-state index in [-0.39, 0.29) is 6.42 Å². The lowest BCUT2D eigenvalue weighted by molar-refractivity contribution is -0.136. The first-order valence-corrected chi connectivity index (χ1v) is 6.46. The third-order valence-electron chi connectivity index (χ3n) is 2.79. The first-order valence-electron chi connectivity index (χ1n) is 5.58. The molecule has 0 bridgehead atoms. The van der Waals surface area contributed by atoms with Crippen molar-refractivity contribution < 1.29 is 9.90 Å². The zero-order chi connectivity index (χ0) is 14.0. The summed E-state index contributed by atoms with van der Waals surface area (Å²) < 4.78 is 1.36. The highest BCUT2D eigenvalue weighted by atomic mass is 32.1. The van der Waals surface area contributed by atoms with Crippen LogP contribution in [0.1, 0.15) is 23.4 Å². The van der Waals surface area contributed by atoms with Crippen molar-refractivity contribution in [2.45, 2.75) is 26.7 Å². The SMILES string of the molecule is Cc1nc(=O)n(-c2nncs2)c(C)c1CCC(=O)O. The van der Waals surface area contributed by atoms with Crippen molar-refractivity contribution >= 4 is 17.3 Å². The number of hydrogen-bond donors (Lipinski definition) is 1. The molecule has 0 fully saturated rings. The number of aromatic nitrogens is 4. The lowest BCUT2D eigenvalue weighted by Crippen LogP contribution is -2.26. The van der Waals surface area contributed by atoms with Crippen LogP contribution in [-0.4, -0.2) is 30.8 Å². The zero-order valence-corrected chi connectivity index (χ0v) is 11.3. The van der Waals surface area contributed by atoms with Gasteiger partial charge in [-0.3, -0.25) is 4.79 Å². The van der Waals surface area contributed by atoms with Crippen LogP contribution in [0.5, 0.6) is 0 Å². The van der Waals surface area contributed by atoms with Crippen molar-refractivity contribution in [3.8, 4) is 5.13 Å². The summed E-state index contributed by atoms with van der Waals surface area (Å²) in [5.74, 6) is -0.882. The zero-order valence-electron chi connectivity index (χ0n) is 10.5. The Hall–Kier alpha value is -2.09. The smallest absolute Gasteiger partial charge is 0.354 e. The quantitative estimate of drug-likeness (QED) is 0.886. The minimum absolute atomic E-state index is 0.00230. The molecule has 2 heterocycles. The normalized spacial score (nSPS) is 10.6. The van der Waals surface area contributed by atoms with Gasteiger partial charge in [0.2, 0.25) is 5.13 Å². The lowest BCUT2D eigenvalue weighted by atomic mass is 10.1. The lowest BCUT2D eigenvalue weighted by Gasteiger charge is -2.12. The van der Waals surface area contributed by atoms with E-state index in [9.17, 15) is 9.59 Å². The molecule has 0 amide bonds. The van der Waals surface area contributed by atoms with E-state index in [1.807, 2.05) is 0 Å². The second-order valence-electron chi connectivity index (χ2n) is 3.99. The molecule has 1 N–H and O–H groups in total. The molecule has 19 heavy (non-hydrogen) atoms. The summed E-state index contributed by atoms with van der Waals surface area (Å²) in [4.78, 5) is 26.5. The molecule has 2 aromatic heterocycles. The maximum Gasteiger partial charge on any atom is 0.354 e. The van der Waals surface area contributed by atoms with Crippen molar-refractivity contribution in [3.63, 3.8) is 0 Å². The van der Waals surface area contributed by atoms with Crippen LogP contribution in [0, 0.1) is 13.8 Å². The summed E-state index contributed by atoms with van der Waals surface area (Å²) in [6, 6.07) is 0. The molecular weight excluding hydrogens is 268 g/mol. The van der Waals surface area contributed by atoms with Crippen molar-refractivity contribution in [1.29, 1.82) is 0 Å². The number of carboxylic acid groups (broad SMARTS) is 1. The molecule has 0 saturated heterocycles. The summed E-state index contributed by atoms with van der Waals surface area (Å²) >= 11 is 1.23. The van der Waals surface area contributed by atoms with E-state index in [2.05, 4.69) is 15.2 Å². The maximum atomic E-state index is 11.9. The average Bonchev–Trinajstić information content (AvgIpc) is 2.81. The van der Waals surface area contributed by atoms with Crippen molar-refractivity contribution in [1.82, 2.24) is 19.7 Å². The molecule has 0 radical (unpaired) electrons. The van der Waals surface area contributed by atoms with E-state index < -0.39 is 11.7 Å². The second-order valence-corrected chi connectivity index (χ2v) is 4.81. The van der Waals surface area contributed by atoms with Crippen LogP contribution in [0.2, 0.25) is 0 Å². The standard InChI is InChI=1S/C11H12N4O3S/c1-6-8(3-4-9(16)17)7(2)15(10(18)13-6)11-14-12-5-19-11/h5H,3-4H2,1-2H3,(H,16,17). The van der Waals surface area contributed by atoms with Crippen LogP contribution in [0.3, 0.4) is 0 Å². The Morgan fingerprint density at radius 2 is 2.21 bits per heavy atom. The fourth-order valence-corrected chi connectivity index (χ4v) is 2.49. The third kappa shape index (κ3) is 2.68. The average molecular weight is 280 g/mol. The predicted octanol–water partition coefficient (Wildman–Crippen LogP) is 0.718. The second kappa shape index (κ2) is 5.27. The molecule has 0 aliphatic rings. The molecule has 100 valence electrons. The molecule has 2 rings (SSSR count). The van der Waals surface area contributed by atoms with Gasteiger partial charge in [0.25, 0.3) is 0 Å². The van der Waals surface area contributed by atoms with Crippen LogP contribution in [0.15, 0.2) is 10.3 Å². The molecule has 7 nitrogen and oxygen atoms in total. The fraction of sp³-hybridized carbons (Fsp3) is 0.364. The highest BCUT2D eigenvalue weighted by Crippen LogP contribution is 2.16. The van der Waals surface area contributed by atoms with E-state index in [0.29, 0.717) is 22.9 Å². The van der Waals surface area contributed by atoms with Gasteiger partial charge < -0.3 is 5.11 Å². The van der Waals surface area contributed by atoms with Gasteiger partial charge in [0.05, 0.1) is 0 Å². The number of aryl methyl sites for hydroxylation is 1. The first-order chi connectivity index (χ1) is 9.00. The fourth-order valence-electron chi connectivity index (χ4n) is 1.88. The van der Waals surface area contributed by atoms with Gasteiger partial charge in [-0.1, -0.05) is 11.3 Å². The van der Waals surface area contributed by atoms with Gasteiger partial charge in [-0.05, 0) is 25.8 Å². The van der Waals surface area contributed by atoms with E-state index in [0.717, 1.165) is 5.56 Å². The number of aliphatic carboxylic acids is 1. The van der Waals surface area contributed by atoms with Gasteiger partial charge in [-0.15, -0.1) is 10.2 Å². The van der Waals surface area contributed by atoms with Crippen molar-refractivity contribution in [3.05, 3.63) is 32.9 Å². The molecule has 8 heteroatoms. The maximum absolute atomic E-state index is 11.9. The molecule has 0 aromatic carbocycles. The number of carbonyl (C=O) groups is 1. The Morgan fingerprint density at radius 3 is 2.79 bits per heavy atom. The monoisotopic (exact) mass is 280 g/mol. The van der Waals surface area contributed by atoms with E-state index in [1.165, 1.54) is 21.4 Å². The van der Waals surface area contributed by atoms with Crippen molar-refractivity contribution in [2.24, 2.45) is 0 Å². The van der Waals surface area contributed by atoms with E-state index in [4.69, 9.17) is 5.11 Å². The minimum atomic E-state index is -0.882. The van der Waals surface area contributed by atoms with Gasteiger partial charge in [0.1, 0.15) is 5.51 Å². The Balaban J connectivity index is 2.54. The molecule has 0 spiro atoms. The van der Waals surface area contributed by atoms with Gasteiger partial charge in [0.15, 0.2) is 0 Å². The van der Waals surface area contributed by atoms with E-state index >= 15 is 0 Å². The molecule has 2 aromatic rings. The molecular formula is C11H12N4O3S. The molecule has 0 aliphatic carbocycles. The first kappa shape index (κ1) is 13.3. The number of nitrogens with zero attached hydrogens (tertiary/aromatic N) is 4. The van der Waals surface area contributed by atoms with Crippen LogP contribution < -0.4 is 5.69 Å². The Bertz CT molecular complexity index is 663. The minimum Gasteiger partial charge on any atom is -0.481 e.